The Hall–Kier alpha value is -1.47. The van der Waals surface area contributed by atoms with Crippen molar-refractivity contribution < 1.29 is 4.79 Å². The van der Waals surface area contributed by atoms with Crippen molar-refractivity contribution in [2.75, 3.05) is 45.8 Å². The molecule has 20 heavy (non-hydrogen) atoms. The number of hydrogen-bond acceptors (Lipinski definition) is 5. The summed E-state index contributed by atoms with van der Waals surface area (Å²) in [5.74, 6) is -0.145. The van der Waals surface area contributed by atoms with Crippen LogP contribution in [0.3, 0.4) is 0 Å². The molecule has 1 aromatic heterocycles. The second-order valence-electron chi connectivity index (χ2n) is 5.16. The third-order valence-corrected chi connectivity index (χ3v) is 3.68. The fourth-order valence-corrected chi connectivity index (χ4v) is 2.38. The fourth-order valence-electron chi connectivity index (χ4n) is 2.38. The van der Waals surface area contributed by atoms with E-state index in [1.807, 2.05) is 0 Å². The molecule has 7 nitrogen and oxygen atoms in total. The van der Waals surface area contributed by atoms with Crippen molar-refractivity contribution in [2.24, 2.45) is 7.05 Å². The summed E-state index contributed by atoms with van der Waals surface area (Å²) in [7, 11) is 1.75. The Labute approximate surface area is 119 Å². The van der Waals surface area contributed by atoms with Gasteiger partial charge in [0.15, 0.2) is 5.69 Å². The molecule has 0 unspecified atom stereocenters. The molecule has 112 valence electrons. The molecule has 2 rings (SSSR count). The van der Waals surface area contributed by atoms with Crippen LogP contribution in [0.2, 0.25) is 0 Å². The summed E-state index contributed by atoms with van der Waals surface area (Å²) in [5.41, 5.74) is 0.379. The van der Waals surface area contributed by atoms with Gasteiger partial charge in [0.2, 0.25) is 0 Å². The molecule has 1 aliphatic heterocycles. The molecular weight excluding hydrogens is 256 g/mol. The maximum atomic E-state index is 11.7. The lowest BCUT2D eigenvalue weighted by atomic mass is 10.3. The molecule has 1 aliphatic rings. The highest BCUT2D eigenvalue weighted by molar-refractivity contribution is 5.91. The molecule has 1 aromatic rings. The SMILES string of the molecule is CCN1CCN(CCCNC(=O)c2cn(C)nn2)CC1. The number of carbonyl (C=O) groups is 1. The first-order valence-corrected chi connectivity index (χ1v) is 7.28. The van der Waals surface area contributed by atoms with Gasteiger partial charge in [-0.05, 0) is 19.5 Å². The first kappa shape index (κ1) is 14.9. The largest absolute Gasteiger partial charge is 0.351 e. The Morgan fingerprint density at radius 3 is 2.60 bits per heavy atom. The van der Waals surface area contributed by atoms with E-state index in [1.54, 1.807) is 13.2 Å². The average Bonchev–Trinajstić information content (AvgIpc) is 2.91. The van der Waals surface area contributed by atoms with E-state index in [9.17, 15) is 4.79 Å². The Morgan fingerprint density at radius 2 is 2.00 bits per heavy atom. The standard InChI is InChI=1S/C13H24N6O/c1-3-18-7-9-19(10-8-18)6-4-5-14-13(20)12-11-17(2)16-15-12/h11H,3-10H2,1-2H3,(H,14,20). The van der Waals surface area contributed by atoms with Crippen molar-refractivity contribution in [3.8, 4) is 0 Å². The van der Waals surface area contributed by atoms with Crippen LogP contribution in [0.15, 0.2) is 6.20 Å². The zero-order chi connectivity index (χ0) is 14.4. The van der Waals surface area contributed by atoms with Crippen LogP contribution < -0.4 is 5.32 Å². The first-order valence-electron chi connectivity index (χ1n) is 7.28. The van der Waals surface area contributed by atoms with Crippen molar-refractivity contribution in [2.45, 2.75) is 13.3 Å². The molecule has 1 N–H and O–H groups in total. The Balaban J connectivity index is 1.59. The molecule has 0 bridgehead atoms. The number of amides is 1. The van der Waals surface area contributed by atoms with Crippen molar-refractivity contribution in [1.82, 2.24) is 30.1 Å². The van der Waals surface area contributed by atoms with Crippen LogP contribution in [-0.2, 0) is 7.05 Å². The normalized spacial score (nSPS) is 17.3. The topological polar surface area (TPSA) is 66.3 Å². The summed E-state index contributed by atoms with van der Waals surface area (Å²) >= 11 is 0. The molecule has 2 heterocycles. The van der Waals surface area contributed by atoms with Gasteiger partial charge in [0, 0.05) is 39.8 Å². The molecule has 0 aromatic carbocycles. The highest BCUT2D eigenvalue weighted by Crippen LogP contribution is 2.01. The summed E-state index contributed by atoms with van der Waals surface area (Å²) < 4.78 is 1.53. The smallest absolute Gasteiger partial charge is 0.273 e. The number of nitrogens with zero attached hydrogens (tertiary/aromatic N) is 5. The van der Waals surface area contributed by atoms with E-state index in [0.717, 1.165) is 45.7 Å². The molecule has 1 fully saturated rings. The van der Waals surface area contributed by atoms with E-state index in [4.69, 9.17) is 0 Å². The van der Waals surface area contributed by atoms with Gasteiger partial charge >= 0.3 is 0 Å². The van der Waals surface area contributed by atoms with E-state index in [-0.39, 0.29) is 5.91 Å². The lowest BCUT2D eigenvalue weighted by Gasteiger charge is -2.33. The number of rotatable bonds is 6. The van der Waals surface area contributed by atoms with Gasteiger partial charge in [0.25, 0.3) is 5.91 Å². The molecule has 0 aliphatic carbocycles. The zero-order valence-electron chi connectivity index (χ0n) is 12.4. The van der Waals surface area contributed by atoms with Gasteiger partial charge in [0.1, 0.15) is 0 Å². The lowest BCUT2D eigenvalue weighted by Crippen LogP contribution is -2.46. The van der Waals surface area contributed by atoms with Crippen molar-refractivity contribution in [3.63, 3.8) is 0 Å². The lowest BCUT2D eigenvalue weighted by molar-refractivity contribution is 0.0943. The Bertz CT molecular complexity index is 424. The summed E-state index contributed by atoms with van der Waals surface area (Å²) in [6.07, 6.45) is 2.59. The Morgan fingerprint density at radius 1 is 1.30 bits per heavy atom. The van der Waals surface area contributed by atoms with Gasteiger partial charge in [-0.3, -0.25) is 9.48 Å². The van der Waals surface area contributed by atoms with Crippen LogP contribution in [-0.4, -0.2) is 76.5 Å². The minimum Gasteiger partial charge on any atom is -0.351 e. The number of piperazine rings is 1. The number of carbonyl (C=O) groups excluding carboxylic acids is 1. The number of likely N-dealkylation sites (N-methyl/N-ethyl adjacent to an activating group) is 1. The number of aromatic nitrogens is 3. The third-order valence-electron chi connectivity index (χ3n) is 3.68. The highest BCUT2D eigenvalue weighted by Gasteiger charge is 2.15. The van der Waals surface area contributed by atoms with Crippen molar-refractivity contribution in [1.29, 1.82) is 0 Å². The van der Waals surface area contributed by atoms with E-state index >= 15 is 0 Å². The van der Waals surface area contributed by atoms with Gasteiger partial charge < -0.3 is 15.1 Å². The highest BCUT2D eigenvalue weighted by atomic mass is 16.2. The van der Waals surface area contributed by atoms with E-state index in [2.05, 4.69) is 32.4 Å². The van der Waals surface area contributed by atoms with Gasteiger partial charge in [-0.15, -0.1) is 5.10 Å². The zero-order valence-corrected chi connectivity index (χ0v) is 12.4. The molecule has 7 heteroatoms. The molecule has 0 atom stereocenters. The maximum absolute atomic E-state index is 11.7. The number of hydrogen-bond donors (Lipinski definition) is 1. The van der Waals surface area contributed by atoms with Gasteiger partial charge in [-0.2, -0.15) is 0 Å². The summed E-state index contributed by atoms with van der Waals surface area (Å²) in [6, 6.07) is 0. The van der Waals surface area contributed by atoms with Crippen molar-refractivity contribution in [3.05, 3.63) is 11.9 Å². The van der Waals surface area contributed by atoms with Crippen LogP contribution in [0.4, 0.5) is 0 Å². The van der Waals surface area contributed by atoms with E-state index in [0.29, 0.717) is 12.2 Å². The molecule has 0 radical (unpaired) electrons. The van der Waals surface area contributed by atoms with E-state index < -0.39 is 0 Å². The third kappa shape index (κ3) is 4.28. The maximum Gasteiger partial charge on any atom is 0.273 e. The van der Waals surface area contributed by atoms with Crippen LogP contribution in [0.1, 0.15) is 23.8 Å². The molecule has 0 spiro atoms. The molecular formula is C13H24N6O. The predicted molar refractivity (Wildman–Crippen MR) is 76.5 cm³/mol. The minimum atomic E-state index is -0.145. The molecule has 1 saturated heterocycles. The van der Waals surface area contributed by atoms with Crippen LogP contribution >= 0.6 is 0 Å². The second kappa shape index (κ2) is 7.35. The monoisotopic (exact) mass is 280 g/mol. The summed E-state index contributed by atoms with van der Waals surface area (Å²) in [5, 5.41) is 10.4. The first-order chi connectivity index (χ1) is 9.69. The summed E-state index contributed by atoms with van der Waals surface area (Å²) in [6.45, 7) is 9.64. The van der Waals surface area contributed by atoms with E-state index in [1.165, 1.54) is 4.68 Å². The van der Waals surface area contributed by atoms with Gasteiger partial charge in [-0.1, -0.05) is 12.1 Å². The molecule has 1 amide bonds. The predicted octanol–water partition coefficient (Wildman–Crippen LogP) is -0.427. The number of nitrogens with one attached hydrogen (secondary N) is 1. The quantitative estimate of drug-likeness (QED) is 0.717. The van der Waals surface area contributed by atoms with Crippen LogP contribution in [0, 0.1) is 0 Å². The average molecular weight is 280 g/mol. The minimum absolute atomic E-state index is 0.145. The van der Waals surface area contributed by atoms with Crippen molar-refractivity contribution >= 4 is 5.91 Å². The number of aryl methyl sites for hydroxylation is 1. The van der Waals surface area contributed by atoms with Gasteiger partial charge in [-0.25, -0.2) is 0 Å². The van der Waals surface area contributed by atoms with Crippen LogP contribution in [0.25, 0.3) is 0 Å². The van der Waals surface area contributed by atoms with Crippen LogP contribution in [0.5, 0.6) is 0 Å². The fraction of sp³-hybridized carbons (Fsp3) is 0.769. The Kier molecular flexibility index (Phi) is 5.49. The summed E-state index contributed by atoms with van der Waals surface area (Å²) in [4.78, 5) is 16.7. The second-order valence-corrected chi connectivity index (χ2v) is 5.16. The van der Waals surface area contributed by atoms with Gasteiger partial charge in [0.05, 0.1) is 6.20 Å². The molecule has 0 saturated carbocycles.